The van der Waals surface area contributed by atoms with Crippen LogP contribution in [0.4, 0.5) is 11.4 Å². The average molecular weight is 465 g/mol. The normalized spacial score (nSPS) is 19.3. The molecule has 6 heteroatoms. The van der Waals surface area contributed by atoms with Crippen molar-refractivity contribution in [3.63, 3.8) is 0 Å². The van der Waals surface area contributed by atoms with Crippen LogP contribution in [0.5, 0.6) is 5.75 Å². The van der Waals surface area contributed by atoms with E-state index in [1.54, 1.807) is 19.2 Å². The Morgan fingerprint density at radius 3 is 2.43 bits per heavy atom. The molecule has 2 heterocycles. The molecule has 0 spiro atoms. The summed E-state index contributed by atoms with van der Waals surface area (Å²) in [5, 5.41) is 7.47. The molecule has 2 N–H and O–H groups in total. The number of hydrogen-bond acceptors (Lipinski definition) is 6. The lowest BCUT2D eigenvalue weighted by atomic mass is 9.78. The van der Waals surface area contributed by atoms with E-state index >= 15 is 0 Å². The molecule has 0 bridgehead atoms. The topological polar surface area (TPSA) is 80.6 Å². The maximum atomic E-state index is 13.7. The van der Waals surface area contributed by atoms with Crippen LogP contribution >= 0.6 is 0 Å². The minimum atomic E-state index is -0.619. The lowest BCUT2D eigenvalue weighted by Gasteiger charge is -2.29. The summed E-state index contributed by atoms with van der Waals surface area (Å²) >= 11 is 0. The van der Waals surface area contributed by atoms with Gasteiger partial charge in [-0.1, -0.05) is 36.4 Å². The standard InChI is InChI=1S/C29H24N2O4/c1-34-19-12-10-17(11-13-19)18-14-24-27(25(32)15-18)28(31-23-8-4-3-7-22(23)30-24)21-16-35-26-9-5-2-6-20(26)29(21)33/h2-13,16,18,28,30-31H,14-15H2,1H3/t18-,28-/m0/s1. The fraction of sp³-hybridized carbons (Fsp3) is 0.172. The quantitative estimate of drug-likeness (QED) is 0.400. The SMILES string of the molecule is COc1ccc([C@@H]2CC(=O)C3=C(C2)Nc2ccccc2N[C@H]3c2coc3ccccc3c2=O)cc1. The number of ketones is 1. The Morgan fingerprint density at radius 1 is 0.886 bits per heavy atom. The Balaban J connectivity index is 1.48. The first-order valence-corrected chi connectivity index (χ1v) is 11.7. The van der Waals surface area contributed by atoms with Crippen LogP contribution in [-0.2, 0) is 4.79 Å². The molecule has 0 fully saturated rings. The molecule has 0 saturated heterocycles. The van der Waals surface area contributed by atoms with E-state index in [1.165, 1.54) is 6.26 Å². The Morgan fingerprint density at radius 2 is 1.63 bits per heavy atom. The summed E-state index contributed by atoms with van der Waals surface area (Å²) in [7, 11) is 1.64. The highest BCUT2D eigenvalue weighted by molar-refractivity contribution is 6.01. The fourth-order valence-corrected chi connectivity index (χ4v) is 5.13. The number of allylic oxidation sites excluding steroid dienone is 1. The number of para-hydroxylation sites is 3. The molecule has 0 radical (unpaired) electrons. The monoisotopic (exact) mass is 464 g/mol. The molecule has 174 valence electrons. The van der Waals surface area contributed by atoms with E-state index in [0.717, 1.165) is 28.4 Å². The summed E-state index contributed by atoms with van der Waals surface area (Å²) in [5.74, 6) is 0.820. The number of fused-ring (bicyclic) bond motifs is 2. The van der Waals surface area contributed by atoms with Gasteiger partial charge in [-0.25, -0.2) is 0 Å². The van der Waals surface area contributed by atoms with Crippen LogP contribution in [0.3, 0.4) is 0 Å². The van der Waals surface area contributed by atoms with Crippen molar-refractivity contribution in [3.8, 4) is 5.75 Å². The molecule has 0 unspecified atom stereocenters. The zero-order valence-corrected chi connectivity index (χ0v) is 19.2. The summed E-state index contributed by atoms with van der Waals surface area (Å²) in [6.07, 6.45) is 2.50. The predicted molar refractivity (Wildman–Crippen MR) is 136 cm³/mol. The van der Waals surface area contributed by atoms with Gasteiger partial charge in [-0.2, -0.15) is 0 Å². The highest BCUT2D eigenvalue weighted by atomic mass is 16.5. The van der Waals surface area contributed by atoms with Crippen LogP contribution in [0.25, 0.3) is 11.0 Å². The van der Waals surface area contributed by atoms with Crippen molar-refractivity contribution < 1.29 is 13.9 Å². The van der Waals surface area contributed by atoms with Crippen LogP contribution in [0, 0.1) is 0 Å². The summed E-state index contributed by atoms with van der Waals surface area (Å²) in [6.45, 7) is 0. The van der Waals surface area contributed by atoms with E-state index in [4.69, 9.17) is 9.15 Å². The maximum absolute atomic E-state index is 13.7. The van der Waals surface area contributed by atoms with E-state index < -0.39 is 6.04 Å². The zero-order chi connectivity index (χ0) is 23.9. The van der Waals surface area contributed by atoms with Crippen molar-refractivity contribution in [2.24, 2.45) is 0 Å². The third-order valence-corrected chi connectivity index (χ3v) is 6.91. The third-order valence-electron chi connectivity index (χ3n) is 6.91. The molecule has 1 aliphatic carbocycles. The van der Waals surface area contributed by atoms with E-state index in [-0.39, 0.29) is 17.1 Å². The van der Waals surface area contributed by atoms with E-state index in [2.05, 4.69) is 10.6 Å². The number of nitrogens with one attached hydrogen (secondary N) is 2. The lowest BCUT2D eigenvalue weighted by molar-refractivity contribution is -0.116. The van der Waals surface area contributed by atoms with Crippen molar-refractivity contribution in [1.29, 1.82) is 0 Å². The highest BCUT2D eigenvalue weighted by Gasteiger charge is 2.37. The minimum Gasteiger partial charge on any atom is -0.497 e. The second kappa shape index (κ2) is 8.47. The summed E-state index contributed by atoms with van der Waals surface area (Å²) in [6, 6.07) is 22.2. The maximum Gasteiger partial charge on any atom is 0.198 e. The number of carbonyl (C=O) groups excluding carboxylic acids is 1. The largest absolute Gasteiger partial charge is 0.497 e. The van der Waals surface area contributed by atoms with E-state index in [1.807, 2.05) is 60.7 Å². The molecule has 3 aromatic carbocycles. The van der Waals surface area contributed by atoms with E-state index in [0.29, 0.717) is 34.9 Å². The first-order valence-electron chi connectivity index (χ1n) is 11.7. The smallest absolute Gasteiger partial charge is 0.198 e. The molecule has 4 aromatic rings. The summed E-state index contributed by atoms with van der Waals surface area (Å²) < 4.78 is 11.1. The molecule has 35 heavy (non-hydrogen) atoms. The molecule has 0 amide bonds. The van der Waals surface area contributed by atoms with Crippen molar-refractivity contribution >= 4 is 28.1 Å². The Bertz CT molecular complexity index is 1530. The lowest BCUT2D eigenvalue weighted by Crippen LogP contribution is -2.29. The molecule has 0 saturated carbocycles. The number of rotatable bonds is 3. The predicted octanol–water partition coefficient (Wildman–Crippen LogP) is 5.78. The Labute approximate surface area is 202 Å². The Kier molecular flexibility index (Phi) is 5.14. The molecule has 1 aliphatic heterocycles. The summed E-state index contributed by atoms with van der Waals surface area (Å²) in [4.78, 5) is 27.2. The number of hydrogen-bond donors (Lipinski definition) is 2. The molecule has 1 aromatic heterocycles. The van der Waals surface area contributed by atoms with Gasteiger partial charge < -0.3 is 19.8 Å². The molecular formula is C29H24N2O4. The Hall–Kier alpha value is -4.32. The number of Topliss-reactive ketones (excluding diaryl/α,β-unsaturated/α-hetero) is 1. The van der Waals surface area contributed by atoms with E-state index in [9.17, 15) is 9.59 Å². The zero-order valence-electron chi connectivity index (χ0n) is 19.2. The van der Waals surface area contributed by atoms with Gasteiger partial charge in [0.1, 0.15) is 17.6 Å². The van der Waals surface area contributed by atoms with Gasteiger partial charge in [0.2, 0.25) is 0 Å². The number of carbonyl (C=O) groups is 1. The number of anilines is 2. The highest BCUT2D eigenvalue weighted by Crippen LogP contribution is 2.44. The van der Waals surface area contributed by atoms with Gasteiger partial charge in [-0.05, 0) is 54.3 Å². The molecule has 6 nitrogen and oxygen atoms in total. The van der Waals surface area contributed by atoms with Crippen molar-refractivity contribution in [2.45, 2.75) is 24.8 Å². The van der Waals surface area contributed by atoms with Gasteiger partial charge in [-0.3, -0.25) is 9.59 Å². The van der Waals surface area contributed by atoms with Crippen LogP contribution in [0.2, 0.25) is 0 Å². The average Bonchev–Trinajstić information content (AvgIpc) is 3.06. The van der Waals surface area contributed by atoms with Gasteiger partial charge >= 0.3 is 0 Å². The molecular weight excluding hydrogens is 440 g/mol. The third kappa shape index (κ3) is 3.67. The number of methoxy groups -OCH3 is 1. The summed E-state index contributed by atoms with van der Waals surface area (Å²) in [5.41, 5.74) is 5.01. The second-order valence-corrected chi connectivity index (χ2v) is 8.96. The minimum absolute atomic E-state index is 0.0115. The number of benzene rings is 3. The van der Waals surface area contributed by atoms with Crippen LogP contribution in [0.15, 0.2) is 99.5 Å². The van der Waals surface area contributed by atoms with Crippen molar-refractivity contribution in [1.82, 2.24) is 0 Å². The van der Waals surface area contributed by atoms with Crippen LogP contribution < -0.4 is 20.8 Å². The van der Waals surface area contributed by atoms with Gasteiger partial charge in [0, 0.05) is 17.7 Å². The second-order valence-electron chi connectivity index (χ2n) is 8.96. The first kappa shape index (κ1) is 21.2. The number of ether oxygens (including phenoxy) is 1. The van der Waals surface area contributed by atoms with Gasteiger partial charge in [-0.15, -0.1) is 0 Å². The van der Waals surface area contributed by atoms with Crippen molar-refractivity contribution in [2.75, 3.05) is 17.7 Å². The van der Waals surface area contributed by atoms with Gasteiger partial charge in [0.15, 0.2) is 11.2 Å². The van der Waals surface area contributed by atoms with Crippen LogP contribution in [-0.4, -0.2) is 12.9 Å². The first-order chi connectivity index (χ1) is 17.1. The van der Waals surface area contributed by atoms with Gasteiger partial charge in [0.05, 0.1) is 35.5 Å². The van der Waals surface area contributed by atoms with Gasteiger partial charge in [0.25, 0.3) is 0 Å². The molecule has 6 rings (SSSR count). The molecule has 2 atom stereocenters. The van der Waals surface area contributed by atoms with Crippen LogP contribution in [0.1, 0.15) is 35.9 Å². The molecule has 2 aliphatic rings. The fourth-order valence-electron chi connectivity index (χ4n) is 5.13. The van der Waals surface area contributed by atoms with Crippen molar-refractivity contribution in [3.05, 3.63) is 112 Å².